The molecular formula is C16H18N2O4S2. The van der Waals surface area contributed by atoms with Gasteiger partial charge in [-0.3, -0.25) is 10.1 Å². The number of aryl methyl sites for hydroxylation is 1. The number of nitrogens with one attached hydrogen (secondary N) is 1. The van der Waals surface area contributed by atoms with Crippen LogP contribution < -0.4 is 5.32 Å². The maximum Gasteiger partial charge on any atom is 0.258 e. The largest absolute Gasteiger partial charge is 0.507 e. The van der Waals surface area contributed by atoms with E-state index < -0.39 is 21.5 Å². The lowest BCUT2D eigenvalue weighted by Gasteiger charge is -2.19. The van der Waals surface area contributed by atoms with Crippen molar-refractivity contribution in [3.63, 3.8) is 0 Å². The number of nitrogens with zero attached hydrogens (tertiary/aromatic N) is 1. The van der Waals surface area contributed by atoms with Gasteiger partial charge in [0.25, 0.3) is 5.91 Å². The Hall–Kier alpha value is -2.19. The van der Waals surface area contributed by atoms with Crippen LogP contribution in [0.3, 0.4) is 0 Å². The molecule has 0 bridgehead atoms. The number of rotatable bonds is 2. The minimum Gasteiger partial charge on any atom is -0.507 e. The number of anilines is 1. The summed E-state index contributed by atoms with van der Waals surface area (Å²) in [5.74, 6) is -1.51. The molecule has 24 heavy (non-hydrogen) atoms. The number of benzene rings is 1. The van der Waals surface area contributed by atoms with E-state index in [9.17, 15) is 18.3 Å². The van der Waals surface area contributed by atoms with Gasteiger partial charge in [0.05, 0.1) is 16.2 Å². The monoisotopic (exact) mass is 366 g/mol. The summed E-state index contributed by atoms with van der Waals surface area (Å²) >= 11 is 1.27. The summed E-state index contributed by atoms with van der Waals surface area (Å²) in [7, 11) is -3.65. The molecule has 1 aromatic carbocycles. The van der Waals surface area contributed by atoms with Crippen molar-refractivity contribution < 1.29 is 18.3 Å². The Morgan fingerprint density at radius 1 is 1.29 bits per heavy atom. The molecule has 0 saturated carbocycles. The number of fused-ring (bicyclic) bond motifs is 1. The van der Waals surface area contributed by atoms with E-state index in [1.165, 1.54) is 23.5 Å². The van der Waals surface area contributed by atoms with Crippen LogP contribution in [0.4, 0.5) is 5.13 Å². The molecule has 2 heterocycles. The average Bonchev–Trinajstić information content (AvgIpc) is 2.98. The second-order valence-electron chi connectivity index (χ2n) is 4.81. The van der Waals surface area contributed by atoms with E-state index >= 15 is 0 Å². The molecule has 1 amide bonds. The summed E-state index contributed by atoms with van der Waals surface area (Å²) in [6.45, 7) is 5.84. The highest BCUT2D eigenvalue weighted by molar-refractivity contribution is 7.91. The third-order valence-electron chi connectivity index (χ3n) is 3.21. The van der Waals surface area contributed by atoms with Crippen LogP contribution in [0.2, 0.25) is 0 Å². The summed E-state index contributed by atoms with van der Waals surface area (Å²) in [5.41, 5.74) is -0.0271. The molecule has 6 nitrogen and oxygen atoms in total. The molecule has 1 aliphatic rings. The molecule has 128 valence electrons. The van der Waals surface area contributed by atoms with Crippen LogP contribution in [0.1, 0.15) is 24.3 Å². The molecular weight excluding hydrogens is 348 g/mol. The van der Waals surface area contributed by atoms with Crippen LogP contribution in [0, 0.1) is 6.92 Å². The van der Waals surface area contributed by atoms with Crippen LogP contribution in [0.25, 0.3) is 5.76 Å². The summed E-state index contributed by atoms with van der Waals surface area (Å²) in [5, 5.41) is 13.1. The molecule has 0 atom stereocenters. The average molecular weight is 366 g/mol. The predicted octanol–water partition coefficient (Wildman–Crippen LogP) is 3.17. The van der Waals surface area contributed by atoms with E-state index in [1.807, 2.05) is 20.8 Å². The molecule has 3 rings (SSSR count). The first-order valence-electron chi connectivity index (χ1n) is 7.36. The third-order valence-corrected chi connectivity index (χ3v) is 5.74. The lowest BCUT2D eigenvalue weighted by Crippen LogP contribution is -2.26. The molecule has 2 N–H and O–H groups in total. The van der Waals surface area contributed by atoms with Crippen molar-refractivity contribution in [1.82, 2.24) is 4.98 Å². The molecule has 1 aromatic heterocycles. The zero-order valence-electron chi connectivity index (χ0n) is 13.5. The van der Waals surface area contributed by atoms with E-state index in [0.29, 0.717) is 5.13 Å². The molecule has 0 unspecified atom stereocenters. The minimum absolute atomic E-state index is 0.0362. The first kappa shape index (κ1) is 18.2. The number of aliphatic hydroxyl groups excluding tert-OH is 1. The second kappa shape index (κ2) is 7.14. The van der Waals surface area contributed by atoms with E-state index in [0.717, 1.165) is 4.88 Å². The fourth-order valence-electron chi connectivity index (χ4n) is 2.19. The van der Waals surface area contributed by atoms with Crippen LogP contribution in [0.15, 0.2) is 40.9 Å². The first-order chi connectivity index (χ1) is 11.4. The number of amides is 1. The van der Waals surface area contributed by atoms with Crippen LogP contribution >= 0.6 is 11.3 Å². The zero-order chi connectivity index (χ0) is 17.9. The van der Waals surface area contributed by atoms with Crippen molar-refractivity contribution in [2.75, 3.05) is 11.1 Å². The van der Waals surface area contributed by atoms with Gasteiger partial charge >= 0.3 is 0 Å². The number of thiazole rings is 1. The normalized spacial score (nSPS) is 15.1. The van der Waals surface area contributed by atoms with Gasteiger partial charge in [-0.2, -0.15) is 0 Å². The Bertz CT molecular complexity index is 898. The summed E-state index contributed by atoms with van der Waals surface area (Å²) in [6.07, 6.45) is 1.60. The van der Waals surface area contributed by atoms with E-state index in [1.54, 1.807) is 18.3 Å². The highest BCUT2D eigenvalue weighted by atomic mass is 32.2. The van der Waals surface area contributed by atoms with Gasteiger partial charge in [0.1, 0.15) is 5.76 Å². The van der Waals surface area contributed by atoms with Crippen LogP contribution in [0.5, 0.6) is 0 Å². The molecule has 0 saturated heterocycles. The number of carbonyl (C=O) groups excluding carboxylic acids is 1. The summed E-state index contributed by atoms with van der Waals surface area (Å²) in [4.78, 5) is 17.2. The molecule has 0 aliphatic carbocycles. The number of sulfone groups is 1. The van der Waals surface area contributed by atoms with E-state index in [2.05, 4.69) is 10.3 Å². The smallest absolute Gasteiger partial charge is 0.258 e. The fourth-order valence-corrected chi connectivity index (χ4v) is 4.44. The number of hydrogen-bond donors (Lipinski definition) is 2. The topological polar surface area (TPSA) is 96.4 Å². The number of carbonyl (C=O) groups is 1. The third kappa shape index (κ3) is 3.49. The Morgan fingerprint density at radius 2 is 1.96 bits per heavy atom. The SMILES string of the molecule is CC.Cc1cnc(NC(=O)C2=C(O)c3ccccc3S(=O)(=O)C2)s1. The zero-order valence-corrected chi connectivity index (χ0v) is 15.2. The van der Waals surface area contributed by atoms with Crippen molar-refractivity contribution >= 4 is 38.0 Å². The van der Waals surface area contributed by atoms with Gasteiger partial charge in [-0.1, -0.05) is 26.0 Å². The molecule has 2 aromatic rings. The summed E-state index contributed by atoms with van der Waals surface area (Å²) < 4.78 is 24.5. The maximum atomic E-state index is 12.3. The number of hydrogen-bond acceptors (Lipinski definition) is 6. The number of aliphatic hydroxyl groups is 1. The fraction of sp³-hybridized carbons (Fsp3) is 0.250. The summed E-state index contributed by atoms with van der Waals surface area (Å²) in [6, 6.07) is 6.07. The Labute approximate surface area is 144 Å². The first-order valence-corrected chi connectivity index (χ1v) is 9.83. The molecule has 0 radical (unpaired) electrons. The highest BCUT2D eigenvalue weighted by Gasteiger charge is 2.33. The van der Waals surface area contributed by atoms with Gasteiger partial charge in [0.2, 0.25) is 0 Å². The number of aromatic nitrogens is 1. The maximum absolute atomic E-state index is 12.3. The minimum atomic E-state index is -3.65. The van der Waals surface area contributed by atoms with Gasteiger partial charge in [-0.05, 0) is 19.1 Å². The quantitative estimate of drug-likeness (QED) is 0.851. The van der Waals surface area contributed by atoms with E-state index in [-0.39, 0.29) is 21.8 Å². The van der Waals surface area contributed by atoms with Crippen molar-refractivity contribution in [2.45, 2.75) is 25.7 Å². The predicted molar refractivity (Wildman–Crippen MR) is 94.9 cm³/mol. The van der Waals surface area contributed by atoms with Gasteiger partial charge in [0, 0.05) is 16.6 Å². The highest BCUT2D eigenvalue weighted by Crippen LogP contribution is 2.32. The van der Waals surface area contributed by atoms with Crippen LogP contribution in [-0.2, 0) is 14.6 Å². The lowest BCUT2D eigenvalue weighted by molar-refractivity contribution is -0.112. The van der Waals surface area contributed by atoms with E-state index in [4.69, 9.17) is 0 Å². The second-order valence-corrected chi connectivity index (χ2v) is 8.01. The van der Waals surface area contributed by atoms with Crippen molar-refractivity contribution in [2.24, 2.45) is 0 Å². The molecule has 8 heteroatoms. The Balaban J connectivity index is 0.00000100. The van der Waals surface area contributed by atoms with Gasteiger partial charge in [0.15, 0.2) is 15.0 Å². The van der Waals surface area contributed by atoms with Gasteiger partial charge in [-0.15, -0.1) is 11.3 Å². The van der Waals surface area contributed by atoms with Crippen LogP contribution in [-0.4, -0.2) is 30.2 Å². The standard InChI is InChI=1S/C14H12N2O4S2.C2H6/c1-8-6-15-14(21-8)16-13(18)10-7-22(19,20)11-5-3-2-4-9(11)12(10)17;1-2/h2-6,17H,7H2,1H3,(H,15,16,18);1-2H3. The Kier molecular flexibility index (Phi) is 5.40. The van der Waals surface area contributed by atoms with Crippen molar-refractivity contribution in [3.8, 4) is 0 Å². The molecule has 1 aliphatic heterocycles. The van der Waals surface area contributed by atoms with Gasteiger partial charge < -0.3 is 5.11 Å². The van der Waals surface area contributed by atoms with Crippen molar-refractivity contribution in [3.05, 3.63) is 46.5 Å². The molecule has 0 spiro atoms. The van der Waals surface area contributed by atoms with Crippen molar-refractivity contribution in [1.29, 1.82) is 0 Å². The van der Waals surface area contributed by atoms with Gasteiger partial charge in [-0.25, -0.2) is 13.4 Å². The lowest BCUT2D eigenvalue weighted by atomic mass is 10.1. The Morgan fingerprint density at radius 3 is 2.58 bits per heavy atom. The molecule has 0 fully saturated rings.